The molecule has 0 saturated carbocycles. The first-order chi connectivity index (χ1) is 13.1. The lowest BCUT2D eigenvalue weighted by Gasteiger charge is -2.21. The molecule has 0 fully saturated rings. The minimum absolute atomic E-state index is 0.178. The molecule has 1 aromatic heterocycles. The average molecular weight is 419 g/mol. The number of aromatic nitrogens is 1. The van der Waals surface area contributed by atoms with Crippen molar-refractivity contribution in [2.24, 2.45) is 0 Å². The smallest absolute Gasteiger partial charge is 0.262 e. The number of benzene rings is 2. The third kappa shape index (κ3) is 4.66. The molecule has 0 unspecified atom stereocenters. The van der Waals surface area contributed by atoms with Gasteiger partial charge in [-0.1, -0.05) is 50.0 Å². The zero-order valence-electron chi connectivity index (χ0n) is 15.7. The molecule has 3 aromatic rings. The number of fused-ring (bicyclic) bond motifs is 1. The number of hydrogen-bond donors (Lipinski definition) is 2. The molecule has 5 nitrogen and oxygen atoms in total. The van der Waals surface area contributed by atoms with Gasteiger partial charge in [-0.05, 0) is 41.3 Å². The van der Waals surface area contributed by atoms with Gasteiger partial charge in [0.2, 0.25) is 5.56 Å². The normalized spacial score (nSPS) is 11.5. The second kappa shape index (κ2) is 7.86. The Labute approximate surface area is 172 Å². The highest BCUT2D eigenvalue weighted by atomic mass is 35.5. The Morgan fingerprint density at radius 2 is 1.86 bits per heavy atom. The lowest BCUT2D eigenvalue weighted by molar-refractivity contribution is -0.118. The van der Waals surface area contributed by atoms with Crippen molar-refractivity contribution in [2.75, 3.05) is 11.9 Å². The van der Waals surface area contributed by atoms with Crippen LogP contribution in [-0.2, 0) is 10.2 Å². The van der Waals surface area contributed by atoms with Gasteiger partial charge >= 0.3 is 0 Å². The summed E-state index contributed by atoms with van der Waals surface area (Å²) in [6, 6.07) is 11.8. The van der Waals surface area contributed by atoms with E-state index in [4.69, 9.17) is 27.9 Å². The predicted molar refractivity (Wildman–Crippen MR) is 114 cm³/mol. The molecule has 0 spiro atoms. The van der Waals surface area contributed by atoms with Gasteiger partial charge in [0, 0.05) is 22.2 Å². The number of hydrogen-bond acceptors (Lipinski definition) is 3. The number of ether oxygens (including phenoxy) is 1. The Morgan fingerprint density at radius 3 is 2.54 bits per heavy atom. The summed E-state index contributed by atoms with van der Waals surface area (Å²) in [5, 5.41) is 4.52. The highest BCUT2D eigenvalue weighted by Gasteiger charge is 2.18. The number of pyridine rings is 1. The fourth-order valence-electron chi connectivity index (χ4n) is 2.89. The molecule has 0 aliphatic rings. The Kier molecular flexibility index (Phi) is 5.68. The van der Waals surface area contributed by atoms with E-state index in [1.807, 2.05) is 6.07 Å². The summed E-state index contributed by atoms with van der Waals surface area (Å²) in [7, 11) is 0. The van der Waals surface area contributed by atoms with Crippen LogP contribution in [0.5, 0.6) is 5.75 Å². The van der Waals surface area contributed by atoms with E-state index in [0.29, 0.717) is 27.0 Å². The monoisotopic (exact) mass is 418 g/mol. The molecule has 0 radical (unpaired) electrons. The van der Waals surface area contributed by atoms with Crippen LogP contribution in [0.2, 0.25) is 10.0 Å². The van der Waals surface area contributed by atoms with Gasteiger partial charge in [-0.2, -0.15) is 0 Å². The molecule has 1 heterocycles. The standard InChI is InChI=1S/C21H20Cl2N2O3/c1-21(2,3)15-10-19(26)25-17-9-13(5-6-14(15)17)24-20(27)11-28-18-7-4-12(22)8-16(18)23/h4-10H,11H2,1-3H3,(H,24,27)(H,25,26). The Morgan fingerprint density at radius 1 is 1.11 bits per heavy atom. The van der Waals surface area contributed by atoms with Crippen molar-refractivity contribution in [1.29, 1.82) is 0 Å². The van der Waals surface area contributed by atoms with Gasteiger partial charge in [0.1, 0.15) is 5.75 Å². The van der Waals surface area contributed by atoms with Crippen LogP contribution < -0.4 is 15.6 Å². The van der Waals surface area contributed by atoms with Crippen molar-refractivity contribution in [1.82, 2.24) is 4.98 Å². The summed E-state index contributed by atoms with van der Waals surface area (Å²) >= 11 is 11.9. The van der Waals surface area contributed by atoms with Crippen LogP contribution in [0.4, 0.5) is 5.69 Å². The van der Waals surface area contributed by atoms with Crippen LogP contribution in [0.1, 0.15) is 26.3 Å². The van der Waals surface area contributed by atoms with Crippen LogP contribution >= 0.6 is 23.2 Å². The van der Waals surface area contributed by atoms with Gasteiger partial charge in [-0.15, -0.1) is 0 Å². The third-order valence-corrected chi connectivity index (χ3v) is 4.72. The van der Waals surface area contributed by atoms with Gasteiger partial charge in [-0.3, -0.25) is 9.59 Å². The second-order valence-corrected chi connectivity index (χ2v) is 8.31. The van der Waals surface area contributed by atoms with E-state index in [1.54, 1.807) is 36.4 Å². The molecule has 2 aromatic carbocycles. The Balaban J connectivity index is 1.77. The van der Waals surface area contributed by atoms with E-state index in [-0.39, 0.29) is 23.5 Å². The number of amides is 1. The number of carbonyl (C=O) groups excluding carboxylic acids is 1. The van der Waals surface area contributed by atoms with Crippen molar-refractivity contribution in [3.8, 4) is 5.75 Å². The third-order valence-electron chi connectivity index (χ3n) is 4.19. The van der Waals surface area contributed by atoms with Crippen molar-refractivity contribution in [3.05, 3.63) is 68.4 Å². The molecule has 1 amide bonds. The van der Waals surface area contributed by atoms with Crippen LogP contribution in [0.3, 0.4) is 0 Å². The minimum atomic E-state index is -0.348. The molecular formula is C21H20Cl2N2O3. The number of rotatable bonds is 4. The van der Waals surface area contributed by atoms with Crippen molar-refractivity contribution < 1.29 is 9.53 Å². The predicted octanol–water partition coefficient (Wildman–Crippen LogP) is 5.15. The van der Waals surface area contributed by atoms with Gasteiger partial charge in [0.05, 0.1) is 10.5 Å². The SMILES string of the molecule is CC(C)(C)c1cc(=O)[nH]c2cc(NC(=O)COc3ccc(Cl)cc3Cl)ccc12. The van der Waals surface area contributed by atoms with E-state index in [2.05, 4.69) is 31.1 Å². The van der Waals surface area contributed by atoms with Crippen LogP contribution in [-0.4, -0.2) is 17.5 Å². The number of carbonyl (C=O) groups is 1. The summed E-state index contributed by atoms with van der Waals surface area (Å²) in [5.41, 5.74) is 1.82. The van der Waals surface area contributed by atoms with Gasteiger partial charge in [0.25, 0.3) is 5.91 Å². The number of nitrogens with one attached hydrogen (secondary N) is 2. The van der Waals surface area contributed by atoms with E-state index in [0.717, 1.165) is 10.9 Å². The summed E-state index contributed by atoms with van der Waals surface area (Å²) in [5.74, 6) is 0.0265. The van der Waals surface area contributed by atoms with E-state index in [9.17, 15) is 9.59 Å². The molecule has 0 atom stereocenters. The number of H-pyrrole nitrogens is 1. The molecule has 146 valence electrons. The molecule has 0 saturated heterocycles. The summed E-state index contributed by atoms with van der Waals surface area (Å²) in [6.45, 7) is 5.94. The van der Waals surface area contributed by atoms with E-state index in [1.165, 1.54) is 0 Å². The summed E-state index contributed by atoms with van der Waals surface area (Å²) in [6.07, 6.45) is 0. The fraction of sp³-hybridized carbons (Fsp3) is 0.238. The van der Waals surface area contributed by atoms with Gasteiger partial charge in [-0.25, -0.2) is 0 Å². The molecule has 2 N–H and O–H groups in total. The highest BCUT2D eigenvalue weighted by molar-refractivity contribution is 6.35. The zero-order valence-corrected chi connectivity index (χ0v) is 17.2. The Bertz CT molecular complexity index is 1100. The minimum Gasteiger partial charge on any atom is -0.482 e. The van der Waals surface area contributed by atoms with Gasteiger partial charge < -0.3 is 15.0 Å². The van der Waals surface area contributed by atoms with E-state index >= 15 is 0 Å². The molecule has 0 bridgehead atoms. The quantitative estimate of drug-likeness (QED) is 0.615. The topological polar surface area (TPSA) is 71.2 Å². The van der Waals surface area contributed by atoms with E-state index < -0.39 is 0 Å². The summed E-state index contributed by atoms with van der Waals surface area (Å²) in [4.78, 5) is 27.0. The zero-order chi connectivity index (χ0) is 20.5. The summed E-state index contributed by atoms with van der Waals surface area (Å²) < 4.78 is 5.44. The van der Waals surface area contributed by atoms with Crippen LogP contribution in [0.25, 0.3) is 10.9 Å². The van der Waals surface area contributed by atoms with Crippen LogP contribution in [0.15, 0.2) is 47.3 Å². The number of aromatic amines is 1. The molecular weight excluding hydrogens is 399 g/mol. The average Bonchev–Trinajstić information content (AvgIpc) is 2.59. The maximum Gasteiger partial charge on any atom is 0.262 e. The first-order valence-electron chi connectivity index (χ1n) is 8.69. The van der Waals surface area contributed by atoms with Crippen molar-refractivity contribution in [3.63, 3.8) is 0 Å². The maximum atomic E-state index is 12.2. The van der Waals surface area contributed by atoms with Crippen molar-refractivity contribution >= 4 is 45.7 Å². The first kappa shape index (κ1) is 20.2. The fourth-order valence-corrected chi connectivity index (χ4v) is 3.35. The largest absolute Gasteiger partial charge is 0.482 e. The lowest BCUT2D eigenvalue weighted by Crippen LogP contribution is -2.20. The second-order valence-electron chi connectivity index (χ2n) is 7.47. The molecule has 7 heteroatoms. The first-order valence-corrected chi connectivity index (χ1v) is 9.44. The van der Waals surface area contributed by atoms with Crippen molar-refractivity contribution in [2.45, 2.75) is 26.2 Å². The maximum absolute atomic E-state index is 12.2. The number of halogens is 2. The number of anilines is 1. The van der Waals surface area contributed by atoms with Gasteiger partial charge in [0.15, 0.2) is 6.61 Å². The molecule has 3 rings (SSSR count). The Hall–Kier alpha value is -2.50. The lowest BCUT2D eigenvalue weighted by atomic mass is 9.85. The van der Waals surface area contributed by atoms with Crippen LogP contribution in [0, 0.1) is 0 Å². The molecule has 28 heavy (non-hydrogen) atoms. The highest BCUT2D eigenvalue weighted by Crippen LogP contribution is 2.29. The molecule has 0 aliphatic heterocycles. The molecule has 0 aliphatic carbocycles.